The van der Waals surface area contributed by atoms with E-state index in [4.69, 9.17) is 20.0 Å². The molecule has 174 valence electrons. The monoisotopic (exact) mass is 450 g/mol. The van der Waals surface area contributed by atoms with Gasteiger partial charge in [-0.2, -0.15) is 0 Å². The minimum absolute atomic E-state index is 0.0902. The van der Waals surface area contributed by atoms with Crippen molar-refractivity contribution in [2.45, 2.75) is 44.5 Å². The standard InChI is InChI=1S/C24H30N6O3/c1-28-21-18(8-15(10-20(21)32-2)23(31)29-7-3-4-17(25)13-29)27-22(28)19-9-16-11-26-33-24(16)30(19)12-14-5-6-14/h8-11,14,17,23,31H,3-7,12-13,25H2,1-2H3/t17-,23?/m1/s1. The number of aryl methyl sites for hydroxylation is 1. The van der Waals surface area contributed by atoms with Crippen LogP contribution in [0.2, 0.25) is 0 Å². The minimum Gasteiger partial charge on any atom is -0.494 e. The Labute approximate surface area is 191 Å². The Hall–Kier alpha value is -2.88. The summed E-state index contributed by atoms with van der Waals surface area (Å²) >= 11 is 0. The van der Waals surface area contributed by atoms with Crippen molar-refractivity contribution >= 4 is 22.1 Å². The number of likely N-dealkylation sites (tertiary alicyclic amines) is 1. The number of hydrogen-bond acceptors (Lipinski definition) is 7. The van der Waals surface area contributed by atoms with Crippen molar-refractivity contribution in [3.8, 4) is 17.3 Å². The summed E-state index contributed by atoms with van der Waals surface area (Å²) in [5.74, 6) is 2.20. The molecule has 6 rings (SSSR count). The van der Waals surface area contributed by atoms with Crippen molar-refractivity contribution in [2.24, 2.45) is 18.7 Å². The fourth-order valence-electron chi connectivity index (χ4n) is 5.14. The van der Waals surface area contributed by atoms with Crippen molar-refractivity contribution in [2.75, 3.05) is 20.2 Å². The molecule has 9 heteroatoms. The van der Waals surface area contributed by atoms with Gasteiger partial charge in [0, 0.05) is 38.3 Å². The van der Waals surface area contributed by atoms with Gasteiger partial charge in [-0.25, -0.2) is 4.98 Å². The largest absolute Gasteiger partial charge is 0.494 e. The Bertz CT molecular complexity index is 1320. The summed E-state index contributed by atoms with van der Waals surface area (Å²) in [4.78, 5) is 7.03. The summed E-state index contributed by atoms with van der Waals surface area (Å²) in [6, 6.07) is 6.06. The van der Waals surface area contributed by atoms with Gasteiger partial charge in [0.15, 0.2) is 5.82 Å². The summed E-state index contributed by atoms with van der Waals surface area (Å²) in [5.41, 5.74) is 10.4. The predicted molar refractivity (Wildman–Crippen MR) is 125 cm³/mol. The van der Waals surface area contributed by atoms with Crippen molar-refractivity contribution < 1.29 is 14.4 Å². The Balaban J connectivity index is 1.45. The fourth-order valence-corrected chi connectivity index (χ4v) is 5.14. The van der Waals surface area contributed by atoms with Crippen LogP contribution in [0.15, 0.2) is 28.9 Å². The average Bonchev–Trinajstić information content (AvgIpc) is 3.26. The fraction of sp³-hybridized carbons (Fsp3) is 0.500. The molecule has 1 saturated carbocycles. The van der Waals surface area contributed by atoms with E-state index in [1.165, 1.54) is 12.8 Å². The quantitative estimate of drug-likeness (QED) is 0.465. The van der Waals surface area contributed by atoms with Crippen molar-refractivity contribution in [1.29, 1.82) is 0 Å². The number of nitrogens with zero attached hydrogens (tertiary/aromatic N) is 5. The van der Waals surface area contributed by atoms with E-state index in [0.29, 0.717) is 18.2 Å². The van der Waals surface area contributed by atoms with Gasteiger partial charge in [-0.3, -0.25) is 4.90 Å². The van der Waals surface area contributed by atoms with E-state index in [-0.39, 0.29) is 6.04 Å². The Morgan fingerprint density at radius 2 is 2.12 bits per heavy atom. The van der Waals surface area contributed by atoms with Gasteiger partial charge >= 0.3 is 0 Å². The number of methoxy groups -OCH3 is 1. The van der Waals surface area contributed by atoms with Crippen LogP contribution in [0.4, 0.5) is 0 Å². The van der Waals surface area contributed by atoms with Crippen LogP contribution in [0.5, 0.6) is 5.75 Å². The highest BCUT2D eigenvalue weighted by Gasteiger charge is 2.28. The second kappa shape index (κ2) is 7.86. The molecule has 2 atom stereocenters. The summed E-state index contributed by atoms with van der Waals surface area (Å²) in [7, 11) is 3.66. The molecule has 0 radical (unpaired) electrons. The molecule has 0 bridgehead atoms. The third-order valence-corrected chi connectivity index (χ3v) is 7.08. The van der Waals surface area contributed by atoms with E-state index in [2.05, 4.69) is 20.4 Å². The van der Waals surface area contributed by atoms with Gasteiger partial charge in [0.2, 0.25) is 5.71 Å². The molecule has 3 N–H and O–H groups in total. The summed E-state index contributed by atoms with van der Waals surface area (Å²) in [6.07, 6.45) is 5.47. The molecule has 2 aliphatic rings. The summed E-state index contributed by atoms with van der Waals surface area (Å²) < 4.78 is 15.6. The number of ether oxygens (including phenoxy) is 1. The number of nitrogens with two attached hydrogens (primary N) is 1. The van der Waals surface area contributed by atoms with Gasteiger partial charge < -0.3 is 29.2 Å². The first-order valence-electron chi connectivity index (χ1n) is 11.7. The SMILES string of the molecule is COc1cc(C(O)N2CCC[C@@H](N)C2)cc2nc(-c3cc4cnoc4n3CC3CC3)n(C)c12. The molecule has 33 heavy (non-hydrogen) atoms. The number of aromatic nitrogens is 4. The second-order valence-corrected chi connectivity index (χ2v) is 9.53. The van der Waals surface area contributed by atoms with E-state index in [9.17, 15) is 5.11 Å². The van der Waals surface area contributed by atoms with E-state index >= 15 is 0 Å². The first-order chi connectivity index (χ1) is 16.0. The van der Waals surface area contributed by atoms with Crippen LogP contribution in [0.1, 0.15) is 37.5 Å². The molecule has 0 amide bonds. The predicted octanol–water partition coefficient (Wildman–Crippen LogP) is 3.02. The van der Waals surface area contributed by atoms with Crippen molar-refractivity contribution in [3.63, 3.8) is 0 Å². The lowest BCUT2D eigenvalue weighted by Crippen LogP contribution is -2.44. The van der Waals surface area contributed by atoms with Gasteiger partial charge in [0.1, 0.15) is 17.5 Å². The first-order valence-corrected chi connectivity index (χ1v) is 11.7. The highest BCUT2D eigenvalue weighted by atomic mass is 16.5. The third kappa shape index (κ3) is 3.51. The Morgan fingerprint density at radius 3 is 2.88 bits per heavy atom. The Morgan fingerprint density at radius 1 is 1.27 bits per heavy atom. The molecular weight excluding hydrogens is 420 g/mol. The minimum atomic E-state index is -0.743. The van der Waals surface area contributed by atoms with E-state index < -0.39 is 6.23 Å². The molecule has 4 aromatic rings. The highest BCUT2D eigenvalue weighted by molar-refractivity contribution is 5.89. The van der Waals surface area contributed by atoms with Crippen LogP contribution >= 0.6 is 0 Å². The molecule has 1 aliphatic heterocycles. The van der Waals surface area contributed by atoms with Crippen LogP contribution in [0.25, 0.3) is 33.7 Å². The molecule has 1 aromatic carbocycles. The molecule has 0 spiro atoms. The molecule has 3 aromatic heterocycles. The molecule has 4 heterocycles. The average molecular weight is 451 g/mol. The molecule has 1 saturated heterocycles. The van der Waals surface area contributed by atoms with Crippen LogP contribution in [-0.4, -0.2) is 55.5 Å². The van der Waals surface area contributed by atoms with Gasteiger partial charge in [-0.1, -0.05) is 5.16 Å². The maximum Gasteiger partial charge on any atom is 0.239 e. The number of aliphatic hydroxyl groups excluding tert-OH is 1. The zero-order chi connectivity index (χ0) is 22.7. The zero-order valence-electron chi connectivity index (χ0n) is 19.1. The molecular formula is C24H30N6O3. The number of benzene rings is 1. The maximum absolute atomic E-state index is 11.1. The van der Waals surface area contributed by atoms with Crippen LogP contribution in [-0.2, 0) is 13.6 Å². The lowest BCUT2D eigenvalue weighted by Gasteiger charge is -2.34. The van der Waals surface area contributed by atoms with Crippen LogP contribution < -0.4 is 10.5 Å². The first kappa shape index (κ1) is 20.7. The third-order valence-electron chi connectivity index (χ3n) is 7.08. The van der Waals surface area contributed by atoms with E-state index in [1.807, 2.05) is 24.1 Å². The molecule has 2 fully saturated rings. The number of aliphatic hydroxyl groups is 1. The smallest absolute Gasteiger partial charge is 0.239 e. The second-order valence-electron chi connectivity index (χ2n) is 9.53. The maximum atomic E-state index is 11.1. The summed E-state index contributed by atoms with van der Waals surface area (Å²) in [5, 5.41) is 16.1. The number of fused-ring (bicyclic) bond motifs is 2. The number of hydrogen-bond donors (Lipinski definition) is 2. The van der Waals surface area contributed by atoms with Gasteiger partial charge in [0.05, 0.1) is 29.9 Å². The van der Waals surface area contributed by atoms with Crippen molar-refractivity contribution in [3.05, 3.63) is 30.0 Å². The van der Waals surface area contributed by atoms with Crippen molar-refractivity contribution in [1.82, 2.24) is 24.2 Å². The zero-order valence-corrected chi connectivity index (χ0v) is 19.1. The van der Waals surface area contributed by atoms with E-state index in [1.54, 1.807) is 13.3 Å². The number of piperidine rings is 1. The molecule has 9 nitrogen and oxygen atoms in total. The van der Waals surface area contributed by atoms with E-state index in [0.717, 1.165) is 65.1 Å². The number of rotatable bonds is 6. The lowest BCUT2D eigenvalue weighted by atomic mass is 10.0. The molecule has 1 aliphatic carbocycles. The lowest BCUT2D eigenvalue weighted by molar-refractivity contribution is -0.0143. The van der Waals surface area contributed by atoms with Crippen LogP contribution in [0, 0.1) is 5.92 Å². The topological polar surface area (TPSA) is 108 Å². The normalized spacial score (nSPS) is 20.7. The van der Waals surface area contributed by atoms with Gasteiger partial charge in [-0.05, 0) is 49.8 Å². The van der Waals surface area contributed by atoms with Crippen LogP contribution in [0.3, 0.4) is 0 Å². The number of imidazole rings is 1. The highest BCUT2D eigenvalue weighted by Crippen LogP contribution is 2.38. The summed E-state index contributed by atoms with van der Waals surface area (Å²) in [6.45, 7) is 2.40. The van der Waals surface area contributed by atoms with Gasteiger partial charge in [0.25, 0.3) is 0 Å². The van der Waals surface area contributed by atoms with Gasteiger partial charge in [-0.15, -0.1) is 0 Å². The molecule has 1 unspecified atom stereocenters. The Kier molecular flexibility index (Phi) is 4.93.